The van der Waals surface area contributed by atoms with Crippen molar-refractivity contribution in [1.29, 1.82) is 0 Å². The predicted octanol–water partition coefficient (Wildman–Crippen LogP) is 2.13. The maximum Gasteiger partial charge on any atom is 0.276 e. The Morgan fingerprint density at radius 3 is 2.60 bits per heavy atom. The quantitative estimate of drug-likeness (QED) is 0.930. The number of nitrogens with one attached hydrogen (secondary N) is 1. The fourth-order valence-electron chi connectivity index (χ4n) is 1.81. The molecule has 0 aliphatic carbocycles. The Bertz CT molecular complexity index is 705. The standard InChI is InChI=1S/C15H17N3O2/c1-4-18-14(19)8-7-13(17-18)15(20)16-12-6-5-10(2)11(3)9-12/h5-9H,4H2,1-3H3,(H,16,20). The van der Waals surface area contributed by atoms with Crippen LogP contribution in [0.2, 0.25) is 0 Å². The van der Waals surface area contributed by atoms with Gasteiger partial charge in [-0.25, -0.2) is 4.68 Å². The first-order valence-corrected chi connectivity index (χ1v) is 6.48. The molecule has 5 nitrogen and oxygen atoms in total. The molecule has 0 saturated carbocycles. The van der Waals surface area contributed by atoms with Crippen LogP contribution in [0.5, 0.6) is 0 Å². The fraction of sp³-hybridized carbons (Fsp3) is 0.267. The summed E-state index contributed by atoms with van der Waals surface area (Å²) in [5.41, 5.74) is 3.00. The van der Waals surface area contributed by atoms with E-state index in [-0.39, 0.29) is 17.2 Å². The molecule has 1 aromatic carbocycles. The van der Waals surface area contributed by atoms with Gasteiger partial charge in [-0.1, -0.05) is 6.07 Å². The first-order valence-electron chi connectivity index (χ1n) is 6.48. The summed E-state index contributed by atoms with van der Waals surface area (Å²) in [6.45, 7) is 6.24. The third kappa shape index (κ3) is 2.93. The van der Waals surface area contributed by atoms with Gasteiger partial charge >= 0.3 is 0 Å². The summed E-state index contributed by atoms with van der Waals surface area (Å²) in [5.74, 6) is -0.324. The second-order valence-corrected chi connectivity index (χ2v) is 4.63. The van der Waals surface area contributed by atoms with Crippen LogP contribution in [0.1, 0.15) is 28.5 Å². The van der Waals surface area contributed by atoms with Crippen molar-refractivity contribution in [3.05, 3.63) is 57.5 Å². The number of benzene rings is 1. The highest BCUT2D eigenvalue weighted by Gasteiger charge is 2.09. The Morgan fingerprint density at radius 1 is 1.20 bits per heavy atom. The van der Waals surface area contributed by atoms with E-state index in [4.69, 9.17) is 0 Å². The molecule has 1 heterocycles. The smallest absolute Gasteiger partial charge is 0.276 e. The predicted molar refractivity (Wildman–Crippen MR) is 78.0 cm³/mol. The number of anilines is 1. The van der Waals surface area contributed by atoms with Gasteiger partial charge in [-0.15, -0.1) is 0 Å². The van der Waals surface area contributed by atoms with Gasteiger partial charge < -0.3 is 5.32 Å². The first kappa shape index (κ1) is 14.0. The van der Waals surface area contributed by atoms with Gasteiger partial charge in [-0.2, -0.15) is 5.10 Å². The molecule has 104 valence electrons. The second-order valence-electron chi connectivity index (χ2n) is 4.63. The van der Waals surface area contributed by atoms with Crippen molar-refractivity contribution in [2.75, 3.05) is 5.32 Å². The Kier molecular flexibility index (Phi) is 3.98. The van der Waals surface area contributed by atoms with Crippen molar-refractivity contribution < 1.29 is 4.79 Å². The molecule has 0 radical (unpaired) electrons. The molecular formula is C15H17N3O2. The van der Waals surface area contributed by atoms with Crippen LogP contribution in [0.15, 0.2) is 35.1 Å². The van der Waals surface area contributed by atoms with Crippen molar-refractivity contribution in [2.24, 2.45) is 0 Å². The number of aryl methyl sites for hydroxylation is 3. The number of amides is 1. The summed E-state index contributed by atoms with van der Waals surface area (Å²) in [4.78, 5) is 23.5. The maximum atomic E-state index is 12.1. The molecule has 0 unspecified atom stereocenters. The Balaban J connectivity index is 2.23. The van der Waals surface area contributed by atoms with E-state index in [9.17, 15) is 9.59 Å². The van der Waals surface area contributed by atoms with Gasteiger partial charge in [-0.05, 0) is 50.1 Å². The minimum atomic E-state index is -0.324. The molecule has 1 N–H and O–H groups in total. The zero-order chi connectivity index (χ0) is 14.7. The number of nitrogens with zero attached hydrogens (tertiary/aromatic N) is 2. The lowest BCUT2D eigenvalue weighted by Gasteiger charge is -2.08. The van der Waals surface area contributed by atoms with Gasteiger partial charge in [0, 0.05) is 18.3 Å². The highest BCUT2D eigenvalue weighted by atomic mass is 16.2. The number of hydrogen-bond donors (Lipinski definition) is 1. The number of aromatic nitrogens is 2. The molecule has 2 rings (SSSR count). The second kappa shape index (κ2) is 5.69. The van der Waals surface area contributed by atoms with Crippen LogP contribution in [-0.2, 0) is 6.54 Å². The summed E-state index contributed by atoms with van der Waals surface area (Å²) in [6, 6.07) is 8.49. The minimum absolute atomic E-state index is 0.213. The van der Waals surface area contributed by atoms with Crippen LogP contribution in [0, 0.1) is 13.8 Å². The number of carbonyl (C=O) groups excluding carboxylic acids is 1. The molecule has 0 fully saturated rings. The molecule has 0 bridgehead atoms. The largest absolute Gasteiger partial charge is 0.321 e. The lowest BCUT2D eigenvalue weighted by molar-refractivity contribution is 0.102. The molecule has 5 heteroatoms. The fourth-order valence-corrected chi connectivity index (χ4v) is 1.81. The van der Waals surface area contributed by atoms with Crippen molar-refractivity contribution in [3.63, 3.8) is 0 Å². The van der Waals surface area contributed by atoms with Crippen LogP contribution in [0.3, 0.4) is 0 Å². The van der Waals surface area contributed by atoms with Crippen molar-refractivity contribution in [3.8, 4) is 0 Å². The lowest BCUT2D eigenvalue weighted by Crippen LogP contribution is -2.25. The molecule has 20 heavy (non-hydrogen) atoms. The summed E-state index contributed by atoms with van der Waals surface area (Å²) in [5, 5.41) is 6.80. The van der Waals surface area contributed by atoms with Crippen LogP contribution in [-0.4, -0.2) is 15.7 Å². The normalized spacial score (nSPS) is 10.3. The van der Waals surface area contributed by atoms with E-state index >= 15 is 0 Å². The molecule has 0 atom stereocenters. The van der Waals surface area contributed by atoms with Gasteiger partial charge in [-0.3, -0.25) is 9.59 Å². The molecule has 1 amide bonds. The molecule has 0 saturated heterocycles. The topological polar surface area (TPSA) is 64.0 Å². The lowest BCUT2D eigenvalue weighted by atomic mass is 10.1. The summed E-state index contributed by atoms with van der Waals surface area (Å²) < 4.78 is 1.26. The number of carbonyl (C=O) groups is 1. The van der Waals surface area contributed by atoms with E-state index < -0.39 is 0 Å². The number of hydrogen-bond acceptors (Lipinski definition) is 3. The zero-order valence-corrected chi connectivity index (χ0v) is 11.8. The van der Waals surface area contributed by atoms with Gasteiger partial charge in [0.15, 0.2) is 0 Å². The monoisotopic (exact) mass is 271 g/mol. The molecule has 0 aliphatic heterocycles. The van der Waals surface area contributed by atoms with E-state index in [0.717, 1.165) is 5.56 Å². The molecular weight excluding hydrogens is 254 g/mol. The summed E-state index contributed by atoms with van der Waals surface area (Å²) >= 11 is 0. The van der Waals surface area contributed by atoms with Crippen LogP contribution in [0.4, 0.5) is 5.69 Å². The third-order valence-electron chi connectivity index (χ3n) is 3.16. The van der Waals surface area contributed by atoms with Crippen LogP contribution in [0.25, 0.3) is 0 Å². The van der Waals surface area contributed by atoms with E-state index in [1.807, 2.05) is 32.0 Å². The van der Waals surface area contributed by atoms with Crippen molar-refractivity contribution in [2.45, 2.75) is 27.3 Å². The van der Waals surface area contributed by atoms with E-state index in [2.05, 4.69) is 10.4 Å². The van der Waals surface area contributed by atoms with Crippen molar-refractivity contribution in [1.82, 2.24) is 9.78 Å². The van der Waals surface area contributed by atoms with E-state index in [1.165, 1.54) is 22.4 Å². The Labute approximate surface area is 117 Å². The van der Waals surface area contributed by atoms with Gasteiger partial charge in [0.25, 0.3) is 11.5 Å². The summed E-state index contributed by atoms with van der Waals surface area (Å²) in [7, 11) is 0. The summed E-state index contributed by atoms with van der Waals surface area (Å²) in [6.07, 6.45) is 0. The third-order valence-corrected chi connectivity index (χ3v) is 3.16. The highest BCUT2D eigenvalue weighted by molar-refractivity contribution is 6.02. The Hall–Kier alpha value is -2.43. The van der Waals surface area contributed by atoms with E-state index in [0.29, 0.717) is 12.2 Å². The number of rotatable bonds is 3. The highest BCUT2D eigenvalue weighted by Crippen LogP contribution is 2.14. The Morgan fingerprint density at radius 2 is 1.95 bits per heavy atom. The van der Waals surface area contributed by atoms with Crippen LogP contribution >= 0.6 is 0 Å². The molecule has 0 aliphatic rings. The molecule has 2 aromatic rings. The van der Waals surface area contributed by atoms with Gasteiger partial charge in [0.1, 0.15) is 5.69 Å². The molecule has 0 spiro atoms. The SMILES string of the molecule is CCn1nc(C(=O)Nc2ccc(C)c(C)c2)ccc1=O. The average Bonchev–Trinajstić information content (AvgIpc) is 2.43. The van der Waals surface area contributed by atoms with Crippen molar-refractivity contribution >= 4 is 11.6 Å². The van der Waals surface area contributed by atoms with Crippen LogP contribution < -0.4 is 10.9 Å². The van der Waals surface area contributed by atoms with E-state index in [1.54, 1.807) is 6.92 Å². The minimum Gasteiger partial charge on any atom is -0.321 e. The molecule has 1 aromatic heterocycles. The maximum absolute atomic E-state index is 12.1. The average molecular weight is 271 g/mol. The van der Waals surface area contributed by atoms with Gasteiger partial charge in [0.05, 0.1) is 0 Å². The first-order chi connectivity index (χ1) is 9.51. The zero-order valence-electron chi connectivity index (χ0n) is 11.8. The van der Waals surface area contributed by atoms with Gasteiger partial charge in [0.2, 0.25) is 0 Å².